The minimum atomic E-state index is -4.63. The number of nitrogens with one attached hydrogen (secondary N) is 5. The van der Waals surface area contributed by atoms with Crippen LogP contribution < -0.4 is 35.0 Å². The van der Waals surface area contributed by atoms with Crippen LogP contribution >= 0.6 is 11.6 Å². The first-order chi connectivity index (χ1) is 45.5. The molecule has 26 heteroatoms. The van der Waals surface area contributed by atoms with Gasteiger partial charge in [-0.3, -0.25) is 54.0 Å². The number of hydrogen-bond donors (Lipinski definition) is 5. The molecule has 5 N–H and O–H groups in total. The maximum absolute atomic E-state index is 14.2. The number of ether oxygens (including phenoxy) is 3. The van der Waals surface area contributed by atoms with Crippen molar-refractivity contribution in [1.29, 1.82) is 0 Å². The predicted molar refractivity (Wildman–Crippen MR) is 352 cm³/mol. The summed E-state index contributed by atoms with van der Waals surface area (Å²) in [5.74, 6) is -1.51. The molecule has 1 atom stereocenters. The third-order valence-corrected chi connectivity index (χ3v) is 19.7. The highest BCUT2D eigenvalue weighted by molar-refractivity contribution is 7.90. The van der Waals surface area contributed by atoms with Gasteiger partial charge in [0.1, 0.15) is 34.6 Å². The Balaban J connectivity index is 0.651. The van der Waals surface area contributed by atoms with E-state index in [0.717, 1.165) is 83.0 Å². The number of piperidine rings is 2. The molecule has 6 amide bonds. The summed E-state index contributed by atoms with van der Waals surface area (Å²) in [6, 6.07) is 29.8. The zero-order chi connectivity index (χ0) is 65.5. The van der Waals surface area contributed by atoms with Crippen molar-refractivity contribution in [3.05, 3.63) is 159 Å². The molecule has 4 fully saturated rings. The lowest BCUT2D eigenvalue weighted by Crippen LogP contribution is -2.54. The first-order valence-electron chi connectivity index (χ1n) is 31.8. The van der Waals surface area contributed by atoms with Crippen molar-refractivity contribution in [3.8, 4) is 28.4 Å². The molecule has 12 rings (SSSR count). The molecular weight excluding hydrogens is 1250 g/mol. The molecule has 5 aliphatic rings. The van der Waals surface area contributed by atoms with Crippen LogP contribution in [0, 0.1) is 22.0 Å². The minimum Gasteiger partial charge on any atom is -0.493 e. The van der Waals surface area contributed by atoms with Crippen LogP contribution in [0.5, 0.6) is 17.2 Å². The molecule has 2 aromatic heterocycles. The first-order valence-corrected chi connectivity index (χ1v) is 33.7. The van der Waals surface area contributed by atoms with Gasteiger partial charge in [-0.05, 0) is 135 Å². The summed E-state index contributed by atoms with van der Waals surface area (Å²) in [4.78, 5) is 105. The molecule has 0 saturated carbocycles. The van der Waals surface area contributed by atoms with E-state index in [1.165, 1.54) is 24.4 Å². The molecule has 0 aliphatic carbocycles. The van der Waals surface area contributed by atoms with Crippen LogP contribution in [0.15, 0.2) is 126 Å². The zero-order valence-electron chi connectivity index (χ0n) is 51.6. The van der Waals surface area contributed by atoms with Crippen molar-refractivity contribution < 1.29 is 56.3 Å². The van der Waals surface area contributed by atoms with E-state index < -0.39 is 61.1 Å². The molecule has 7 aromatic rings. The van der Waals surface area contributed by atoms with E-state index in [4.69, 9.17) is 25.8 Å². The van der Waals surface area contributed by atoms with Gasteiger partial charge in [-0.2, -0.15) is 0 Å². The van der Waals surface area contributed by atoms with Crippen molar-refractivity contribution in [3.63, 3.8) is 0 Å². The Morgan fingerprint density at radius 3 is 2.33 bits per heavy atom. The number of nitro groups is 1. The number of amides is 6. The lowest BCUT2D eigenvalue weighted by atomic mass is 9.96. The highest BCUT2D eigenvalue weighted by Crippen LogP contribution is 2.38. The Bertz CT molecular complexity index is 4150. The molecule has 0 bridgehead atoms. The Kier molecular flexibility index (Phi) is 19.8. The molecule has 94 heavy (non-hydrogen) atoms. The van der Waals surface area contributed by atoms with E-state index in [-0.39, 0.29) is 58.7 Å². The lowest BCUT2D eigenvalue weighted by molar-refractivity contribution is -0.384. The first kappa shape index (κ1) is 64.7. The summed E-state index contributed by atoms with van der Waals surface area (Å²) in [5, 5.41) is 22.2. The molecular formula is C68H72ClN11O13S. The number of H-pyrrole nitrogens is 1. The fourth-order valence-electron chi connectivity index (χ4n) is 12.8. The summed E-state index contributed by atoms with van der Waals surface area (Å²) in [6.45, 7) is 6.93. The molecule has 0 spiro atoms. The van der Waals surface area contributed by atoms with Gasteiger partial charge in [0.15, 0.2) is 0 Å². The van der Waals surface area contributed by atoms with Gasteiger partial charge in [0, 0.05) is 131 Å². The van der Waals surface area contributed by atoms with Crippen LogP contribution in [0.3, 0.4) is 0 Å². The number of benzene rings is 5. The number of piperazine rings is 1. The largest absolute Gasteiger partial charge is 0.493 e. The van der Waals surface area contributed by atoms with Gasteiger partial charge >= 0.3 is 0 Å². The van der Waals surface area contributed by atoms with Crippen molar-refractivity contribution in [2.24, 2.45) is 11.8 Å². The van der Waals surface area contributed by atoms with Crippen LogP contribution in [-0.4, -0.2) is 152 Å². The number of pyridine rings is 1. The second-order valence-electron chi connectivity index (χ2n) is 24.3. The van der Waals surface area contributed by atoms with E-state index in [9.17, 15) is 47.3 Å². The van der Waals surface area contributed by atoms with E-state index in [1.807, 2.05) is 47.4 Å². The number of fused-ring (bicyclic) bond motifs is 2. The average molecular weight is 1320 g/mol. The second kappa shape index (κ2) is 28.8. The van der Waals surface area contributed by atoms with Gasteiger partial charge in [-0.1, -0.05) is 48.4 Å². The van der Waals surface area contributed by atoms with Crippen LogP contribution in [0.2, 0.25) is 5.02 Å². The second-order valence-corrected chi connectivity index (χ2v) is 26.4. The van der Waals surface area contributed by atoms with Crippen molar-refractivity contribution in [2.45, 2.75) is 81.7 Å². The Morgan fingerprint density at radius 2 is 1.55 bits per heavy atom. The molecule has 4 saturated heterocycles. The Morgan fingerprint density at radius 1 is 0.777 bits per heavy atom. The number of aromatic nitrogens is 2. The molecule has 24 nitrogen and oxygen atoms in total. The molecule has 5 aromatic carbocycles. The van der Waals surface area contributed by atoms with Crippen LogP contribution in [0.25, 0.3) is 22.2 Å². The number of likely N-dealkylation sites (tertiary alicyclic amines) is 1. The molecule has 0 radical (unpaired) electrons. The number of halogens is 1. The smallest absolute Gasteiger partial charge is 0.293 e. The summed E-state index contributed by atoms with van der Waals surface area (Å²) in [6.07, 6.45) is 9.12. The molecule has 7 heterocycles. The number of sulfonamides is 1. The number of nitrogens with zero attached hydrogens (tertiary/aromatic N) is 6. The van der Waals surface area contributed by atoms with Crippen LogP contribution in [-0.2, 0) is 35.7 Å². The van der Waals surface area contributed by atoms with Gasteiger partial charge in [0.25, 0.3) is 33.4 Å². The highest BCUT2D eigenvalue weighted by Gasteiger charge is 2.46. The normalized spacial score (nSPS) is 17.5. The number of unbranched alkanes of at least 4 members (excludes halogenated alkanes) is 2. The standard InChI is InChI=1S/C68H72ClN11O13S/c69-47-13-11-45(12-14-47)51-6-5-9-59(92-42-44-22-28-78(29-23-44)62(82)10-2-1-3-26-70-56-8-4-7-53-63(56)68(86)79(67(53)85)57-19-20-61(81)74-66(57)84)54(51)41-76-30-32-77(33-31-76)48-15-17-52(60(37-48)93-49-36-46-21-27-71-64(46)73-40-49)65(83)75-94(89,90)50-16-18-55(58(38-50)80(87)88)72-39-43-24-34-91-35-25-43/h4-9,11-18,21,27,36-38,40,43-44,57,70,72H,1-3,10,19-20,22-26,28-35,39,41-42H2,(H,71,73)(H,75,83)(H,74,81,84). The number of aromatic amines is 1. The van der Waals surface area contributed by atoms with E-state index in [1.54, 1.807) is 42.6 Å². The number of hydrogen-bond acceptors (Lipinski definition) is 18. The van der Waals surface area contributed by atoms with Gasteiger partial charge in [0.05, 0.1) is 39.3 Å². The number of carbonyl (C=O) groups is 6. The lowest BCUT2D eigenvalue weighted by Gasteiger charge is -2.37. The van der Waals surface area contributed by atoms with Crippen molar-refractivity contribution >= 4 is 90.9 Å². The maximum atomic E-state index is 14.2. The van der Waals surface area contributed by atoms with Crippen molar-refractivity contribution in [1.82, 2.24) is 34.7 Å². The van der Waals surface area contributed by atoms with E-state index >= 15 is 0 Å². The maximum Gasteiger partial charge on any atom is 0.293 e. The average Bonchev–Trinajstić information content (AvgIpc) is 1.58. The topological polar surface area (TPSA) is 297 Å². The van der Waals surface area contributed by atoms with Gasteiger partial charge in [-0.25, -0.2) is 18.1 Å². The Labute approximate surface area is 547 Å². The number of anilines is 3. The summed E-state index contributed by atoms with van der Waals surface area (Å²) in [5.41, 5.74) is 4.93. The minimum absolute atomic E-state index is 0.0417. The Hall–Kier alpha value is -9.43. The molecule has 5 aliphatic heterocycles. The zero-order valence-corrected chi connectivity index (χ0v) is 53.2. The van der Waals surface area contributed by atoms with Gasteiger partial charge in [-0.15, -0.1) is 0 Å². The third-order valence-electron chi connectivity index (χ3n) is 18.1. The summed E-state index contributed by atoms with van der Waals surface area (Å²) >= 11 is 6.37. The fraction of sp³-hybridized carbons (Fsp3) is 0.368. The van der Waals surface area contributed by atoms with Gasteiger partial charge in [0.2, 0.25) is 17.7 Å². The van der Waals surface area contributed by atoms with Gasteiger partial charge < -0.3 is 39.6 Å². The summed E-state index contributed by atoms with van der Waals surface area (Å²) < 4.78 is 48.5. The quantitative estimate of drug-likeness (QED) is 0.0163. The van der Waals surface area contributed by atoms with E-state index in [2.05, 4.69) is 46.5 Å². The van der Waals surface area contributed by atoms with Crippen molar-refractivity contribution in [2.75, 3.05) is 87.7 Å². The fourth-order valence-corrected chi connectivity index (χ4v) is 13.9. The third kappa shape index (κ3) is 14.8. The highest BCUT2D eigenvalue weighted by atomic mass is 35.5. The molecule has 1 unspecified atom stereocenters. The number of nitro benzene ring substituents is 1. The summed E-state index contributed by atoms with van der Waals surface area (Å²) in [7, 11) is -4.63. The number of carbonyl (C=O) groups excluding carboxylic acids is 6. The number of imide groups is 2. The van der Waals surface area contributed by atoms with Crippen LogP contribution in [0.1, 0.15) is 101 Å². The number of rotatable bonds is 24. The molecule has 490 valence electrons. The SMILES string of the molecule is O=C1CCC(N2C(=O)c3cccc(NCCCCCC(=O)N4CCC(COc5cccc(-c6ccc(Cl)cc6)c5CN5CCN(c6ccc(C(=O)NS(=O)(=O)c7ccc(NCC8CCOCC8)c([N+](=O)[O-])c7)c(Oc7cnc8[nH]ccc8c7)c6)CC5)CC4)c3C2=O)C(=O)N1. The monoisotopic (exact) mass is 1320 g/mol. The van der Waals surface area contributed by atoms with Crippen LogP contribution in [0.4, 0.5) is 22.7 Å². The predicted octanol–water partition coefficient (Wildman–Crippen LogP) is 9.55. The van der Waals surface area contributed by atoms with E-state index in [0.29, 0.717) is 114 Å².